The number of nitrogens with one attached hydrogen (secondary N) is 1. The number of aryl methyl sites for hydroxylation is 1. The van der Waals surface area contributed by atoms with Crippen molar-refractivity contribution in [2.45, 2.75) is 32.5 Å². The SMILES string of the molecule is Cc1cc(-c2cnc3[nH]cc(-c4ccc(C(=O)N(C)C)cc4)c3n2)cc2c1CCN(CCc1noc(C(F)(F)F)n1)C2. The van der Waals surface area contributed by atoms with Crippen LogP contribution in [0, 0.1) is 6.92 Å². The van der Waals surface area contributed by atoms with Crippen LogP contribution in [-0.4, -0.2) is 68.0 Å². The summed E-state index contributed by atoms with van der Waals surface area (Å²) in [5.41, 5.74) is 9.07. The van der Waals surface area contributed by atoms with Crippen molar-refractivity contribution in [1.82, 2.24) is 34.9 Å². The molecule has 0 saturated heterocycles. The van der Waals surface area contributed by atoms with Gasteiger partial charge in [-0.15, -0.1) is 0 Å². The molecule has 0 aliphatic carbocycles. The number of alkyl halides is 3. The van der Waals surface area contributed by atoms with Gasteiger partial charge < -0.3 is 14.4 Å². The van der Waals surface area contributed by atoms with Crippen LogP contribution in [0.5, 0.6) is 0 Å². The lowest BCUT2D eigenvalue weighted by molar-refractivity contribution is -0.159. The van der Waals surface area contributed by atoms with Gasteiger partial charge in [0, 0.05) is 63.0 Å². The van der Waals surface area contributed by atoms with Gasteiger partial charge in [0.25, 0.3) is 5.91 Å². The highest BCUT2D eigenvalue weighted by Crippen LogP contribution is 2.32. The molecule has 12 heteroatoms. The standard InChI is InChI=1S/C30H28F3N7O2/c1-17-12-20(13-21-16-40(10-8-22(17)21)11-9-25-37-29(42-38-25)30(31,32)33)24-15-35-27-26(36-24)23(14-34-27)18-4-6-19(7-5-18)28(41)39(2)3/h4-7,12-15H,8-11,16H2,1-3H3,(H,34,35). The Bertz CT molecular complexity index is 1770. The minimum absolute atomic E-state index is 0.0443. The first kappa shape index (κ1) is 27.6. The summed E-state index contributed by atoms with van der Waals surface area (Å²) in [6.45, 7) is 4.03. The van der Waals surface area contributed by atoms with Crippen LogP contribution < -0.4 is 0 Å². The second kappa shape index (κ2) is 10.7. The molecule has 2 aromatic carbocycles. The number of aromatic nitrogens is 5. The molecule has 1 aliphatic rings. The van der Waals surface area contributed by atoms with Gasteiger partial charge in [0.05, 0.1) is 11.9 Å². The molecule has 1 N–H and O–H groups in total. The van der Waals surface area contributed by atoms with Crippen LogP contribution in [0.1, 0.15) is 38.8 Å². The number of hydrogen-bond acceptors (Lipinski definition) is 7. The summed E-state index contributed by atoms with van der Waals surface area (Å²) in [6, 6.07) is 11.7. The largest absolute Gasteiger partial charge is 0.471 e. The fraction of sp³-hybridized carbons (Fsp3) is 0.300. The molecule has 0 atom stereocenters. The molecular formula is C30H28F3N7O2. The van der Waals surface area contributed by atoms with Crippen molar-refractivity contribution < 1.29 is 22.5 Å². The second-order valence-corrected chi connectivity index (χ2v) is 10.7. The van der Waals surface area contributed by atoms with E-state index < -0.39 is 12.1 Å². The molecule has 0 unspecified atom stereocenters. The fourth-order valence-corrected chi connectivity index (χ4v) is 5.35. The van der Waals surface area contributed by atoms with Crippen molar-refractivity contribution >= 4 is 17.1 Å². The van der Waals surface area contributed by atoms with E-state index in [2.05, 4.69) is 48.6 Å². The Labute approximate surface area is 239 Å². The summed E-state index contributed by atoms with van der Waals surface area (Å²) in [7, 11) is 3.44. The minimum atomic E-state index is -4.65. The molecule has 5 aromatic rings. The Balaban J connectivity index is 1.23. The number of hydrogen-bond donors (Lipinski definition) is 1. The van der Waals surface area contributed by atoms with E-state index in [0.717, 1.165) is 52.0 Å². The van der Waals surface area contributed by atoms with E-state index in [-0.39, 0.29) is 18.2 Å². The smallest absolute Gasteiger partial charge is 0.345 e. The highest BCUT2D eigenvalue weighted by molar-refractivity contribution is 5.96. The highest BCUT2D eigenvalue weighted by atomic mass is 19.4. The average Bonchev–Trinajstić information content (AvgIpc) is 3.63. The molecule has 1 aliphatic heterocycles. The molecule has 0 saturated carbocycles. The van der Waals surface area contributed by atoms with Crippen molar-refractivity contribution in [3.05, 3.63) is 82.8 Å². The lowest BCUT2D eigenvalue weighted by Gasteiger charge is -2.30. The van der Waals surface area contributed by atoms with E-state index >= 15 is 0 Å². The summed E-state index contributed by atoms with van der Waals surface area (Å²) < 4.78 is 42.7. The van der Waals surface area contributed by atoms with Crippen LogP contribution >= 0.6 is 0 Å². The van der Waals surface area contributed by atoms with Crippen LogP contribution in [0.25, 0.3) is 33.5 Å². The Morgan fingerprint density at radius 3 is 2.62 bits per heavy atom. The number of carbonyl (C=O) groups is 1. The van der Waals surface area contributed by atoms with Crippen molar-refractivity contribution in [2.75, 3.05) is 27.2 Å². The third kappa shape index (κ3) is 5.37. The predicted octanol–water partition coefficient (Wildman–Crippen LogP) is 5.30. The van der Waals surface area contributed by atoms with Crippen molar-refractivity contribution in [2.24, 2.45) is 0 Å². The van der Waals surface area contributed by atoms with Gasteiger partial charge in [-0.25, -0.2) is 9.97 Å². The second-order valence-electron chi connectivity index (χ2n) is 10.7. The van der Waals surface area contributed by atoms with Crippen molar-refractivity contribution in [3.8, 4) is 22.4 Å². The fourth-order valence-electron chi connectivity index (χ4n) is 5.35. The number of amides is 1. The Kier molecular flexibility index (Phi) is 7.01. The number of carbonyl (C=O) groups excluding carboxylic acids is 1. The predicted molar refractivity (Wildman–Crippen MR) is 150 cm³/mol. The molecule has 6 rings (SSSR count). The third-order valence-corrected chi connectivity index (χ3v) is 7.53. The number of rotatable bonds is 6. The quantitative estimate of drug-likeness (QED) is 0.293. The van der Waals surface area contributed by atoms with E-state index in [0.29, 0.717) is 24.3 Å². The highest BCUT2D eigenvalue weighted by Gasteiger charge is 2.38. The van der Waals surface area contributed by atoms with Crippen molar-refractivity contribution in [1.29, 1.82) is 0 Å². The molecule has 42 heavy (non-hydrogen) atoms. The summed E-state index contributed by atoms with van der Waals surface area (Å²) in [5.74, 6) is -1.33. The van der Waals surface area contributed by atoms with Crippen LogP contribution in [0.4, 0.5) is 13.2 Å². The monoisotopic (exact) mass is 575 g/mol. The molecular weight excluding hydrogens is 547 g/mol. The lowest BCUT2D eigenvalue weighted by atomic mass is 9.92. The third-order valence-electron chi connectivity index (χ3n) is 7.53. The van der Waals surface area contributed by atoms with Crippen molar-refractivity contribution in [3.63, 3.8) is 0 Å². The maximum Gasteiger partial charge on any atom is 0.471 e. The summed E-state index contributed by atoms with van der Waals surface area (Å²) >= 11 is 0. The lowest BCUT2D eigenvalue weighted by Crippen LogP contribution is -2.32. The van der Waals surface area contributed by atoms with E-state index in [1.54, 1.807) is 37.3 Å². The number of fused-ring (bicyclic) bond motifs is 2. The van der Waals surface area contributed by atoms with Gasteiger partial charge in [0.1, 0.15) is 5.52 Å². The molecule has 4 heterocycles. The van der Waals surface area contributed by atoms with Gasteiger partial charge in [0.2, 0.25) is 0 Å². The Morgan fingerprint density at radius 2 is 1.90 bits per heavy atom. The zero-order chi connectivity index (χ0) is 29.6. The van der Waals surface area contributed by atoms with Gasteiger partial charge in [-0.2, -0.15) is 18.2 Å². The number of nitrogens with zero attached hydrogens (tertiary/aromatic N) is 6. The Hall–Kier alpha value is -4.58. The molecule has 0 fully saturated rings. The number of halogens is 3. The normalized spacial score (nSPS) is 13.9. The van der Waals surface area contributed by atoms with Crippen LogP contribution in [0.15, 0.2) is 53.3 Å². The zero-order valence-corrected chi connectivity index (χ0v) is 23.3. The number of benzene rings is 2. The van der Waals surface area contributed by atoms with E-state index in [9.17, 15) is 18.0 Å². The first-order chi connectivity index (χ1) is 20.1. The average molecular weight is 576 g/mol. The van der Waals surface area contributed by atoms with Gasteiger partial charge in [-0.3, -0.25) is 9.69 Å². The molecule has 1 amide bonds. The Morgan fingerprint density at radius 1 is 1.12 bits per heavy atom. The van der Waals surface area contributed by atoms with E-state index in [1.807, 2.05) is 18.3 Å². The number of aromatic amines is 1. The molecule has 0 radical (unpaired) electrons. The molecule has 216 valence electrons. The maximum atomic E-state index is 12.8. The van der Waals surface area contributed by atoms with E-state index in [1.165, 1.54) is 5.56 Å². The van der Waals surface area contributed by atoms with Gasteiger partial charge in [-0.05, 0) is 59.9 Å². The van der Waals surface area contributed by atoms with Crippen LogP contribution in [0.2, 0.25) is 0 Å². The van der Waals surface area contributed by atoms with Gasteiger partial charge >= 0.3 is 12.1 Å². The summed E-state index contributed by atoms with van der Waals surface area (Å²) in [4.78, 5) is 32.3. The first-order valence-electron chi connectivity index (χ1n) is 13.5. The molecule has 0 bridgehead atoms. The molecule has 9 nitrogen and oxygen atoms in total. The molecule has 3 aromatic heterocycles. The number of H-pyrrole nitrogens is 1. The topological polar surface area (TPSA) is 104 Å². The zero-order valence-electron chi connectivity index (χ0n) is 23.3. The van der Waals surface area contributed by atoms with E-state index in [4.69, 9.17) is 4.98 Å². The summed E-state index contributed by atoms with van der Waals surface area (Å²) in [6.07, 6.45) is 0.0658. The van der Waals surface area contributed by atoms with Crippen LogP contribution in [0.3, 0.4) is 0 Å². The summed E-state index contributed by atoms with van der Waals surface area (Å²) in [5, 5.41) is 3.48. The molecule has 0 spiro atoms. The maximum absolute atomic E-state index is 12.8. The van der Waals surface area contributed by atoms with Crippen LogP contribution in [-0.2, 0) is 25.6 Å². The first-order valence-corrected chi connectivity index (χ1v) is 13.5. The minimum Gasteiger partial charge on any atom is -0.345 e. The van der Waals surface area contributed by atoms with Gasteiger partial charge in [-0.1, -0.05) is 17.3 Å². The van der Waals surface area contributed by atoms with Gasteiger partial charge in [0.15, 0.2) is 11.5 Å².